The lowest BCUT2D eigenvalue weighted by molar-refractivity contribution is -0.177. The van der Waals surface area contributed by atoms with Crippen LogP contribution in [0.2, 0.25) is 0 Å². The van der Waals surface area contributed by atoms with Gasteiger partial charge in [0.1, 0.15) is 0 Å². The van der Waals surface area contributed by atoms with Crippen LogP contribution in [0.25, 0.3) is 0 Å². The third kappa shape index (κ3) is 4.29. The van der Waals surface area contributed by atoms with E-state index in [0.717, 1.165) is 0 Å². The van der Waals surface area contributed by atoms with Gasteiger partial charge < -0.3 is 14.2 Å². The fraction of sp³-hybridized carbons (Fsp3) is 0.846. The van der Waals surface area contributed by atoms with Gasteiger partial charge in [-0.05, 0) is 27.2 Å². The molecule has 0 saturated heterocycles. The Balaban J connectivity index is 5.12. The predicted octanol–water partition coefficient (Wildman–Crippen LogP) is 1.94. The summed E-state index contributed by atoms with van der Waals surface area (Å²) in [5.74, 6) is -1.11. The molecule has 0 fully saturated rings. The van der Waals surface area contributed by atoms with Crippen LogP contribution in [0, 0.1) is 5.41 Å². The molecule has 0 N–H and O–H groups in total. The smallest absolute Gasteiger partial charge is 0.325 e. The second-order valence-corrected chi connectivity index (χ2v) is 3.91. The molecule has 0 atom stereocenters. The minimum absolute atomic E-state index is 0.00894. The lowest BCUT2D eigenvalue weighted by Gasteiger charge is -2.28. The third-order valence-electron chi connectivity index (χ3n) is 2.56. The minimum atomic E-state index is -1.32. The number of ether oxygens (including phenoxy) is 3. The quantitative estimate of drug-likeness (QED) is 0.468. The molecule has 5 heteroatoms. The van der Waals surface area contributed by atoms with Crippen molar-refractivity contribution in [2.75, 3.05) is 26.4 Å². The molecule has 5 nitrogen and oxygen atoms in total. The van der Waals surface area contributed by atoms with E-state index < -0.39 is 17.4 Å². The lowest BCUT2D eigenvalue weighted by Crippen LogP contribution is -2.45. The lowest BCUT2D eigenvalue weighted by atomic mass is 9.84. The summed E-state index contributed by atoms with van der Waals surface area (Å²) >= 11 is 0. The third-order valence-corrected chi connectivity index (χ3v) is 2.56. The normalized spacial score (nSPS) is 11.1. The Morgan fingerprint density at radius 3 is 1.72 bits per heavy atom. The number of carbonyl (C=O) groups is 2. The molecule has 0 spiro atoms. The van der Waals surface area contributed by atoms with Crippen LogP contribution in [0.1, 0.15) is 40.5 Å². The summed E-state index contributed by atoms with van der Waals surface area (Å²) < 4.78 is 15.3. The van der Waals surface area contributed by atoms with Crippen LogP contribution < -0.4 is 0 Å². The average Bonchev–Trinajstić information content (AvgIpc) is 2.35. The number of rotatable bonds is 9. The maximum absolute atomic E-state index is 12.1. The van der Waals surface area contributed by atoms with Crippen LogP contribution in [-0.2, 0) is 23.8 Å². The zero-order chi connectivity index (χ0) is 14.0. The largest absolute Gasteiger partial charge is 0.465 e. The standard InChI is InChI=1S/C13H24O5/c1-5-9-13(10-16-6-2,11(14)17-7-3)12(15)18-8-4/h5-10H2,1-4H3. The summed E-state index contributed by atoms with van der Waals surface area (Å²) in [5, 5.41) is 0. The summed E-state index contributed by atoms with van der Waals surface area (Å²) in [4.78, 5) is 24.1. The molecule has 0 rings (SSSR count). The Labute approximate surface area is 109 Å². The summed E-state index contributed by atoms with van der Waals surface area (Å²) in [6.45, 7) is 8.04. The summed E-state index contributed by atoms with van der Waals surface area (Å²) in [6.07, 6.45) is 1.04. The maximum Gasteiger partial charge on any atom is 0.325 e. The second-order valence-electron chi connectivity index (χ2n) is 3.91. The van der Waals surface area contributed by atoms with Crippen LogP contribution in [0.4, 0.5) is 0 Å². The topological polar surface area (TPSA) is 61.8 Å². The fourth-order valence-corrected chi connectivity index (χ4v) is 1.72. The van der Waals surface area contributed by atoms with Gasteiger partial charge in [-0.3, -0.25) is 9.59 Å². The van der Waals surface area contributed by atoms with Crippen molar-refractivity contribution in [3.8, 4) is 0 Å². The molecule has 0 aromatic rings. The summed E-state index contributed by atoms with van der Waals surface area (Å²) in [6, 6.07) is 0. The van der Waals surface area contributed by atoms with Gasteiger partial charge in [0.05, 0.1) is 19.8 Å². The maximum atomic E-state index is 12.1. The molecule has 0 aromatic heterocycles. The van der Waals surface area contributed by atoms with Crippen molar-refractivity contribution in [2.24, 2.45) is 5.41 Å². The SMILES string of the molecule is CCCC(COCC)(C(=O)OCC)C(=O)OCC. The van der Waals surface area contributed by atoms with E-state index in [-0.39, 0.29) is 19.8 Å². The van der Waals surface area contributed by atoms with Gasteiger partial charge in [-0.25, -0.2) is 0 Å². The van der Waals surface area contributed by atoms with Crippen molar-refractivity contribution in [1.29, 1.82) is 0 Å². The van der Waals surface area contributed by atoms with E-state index in [1.807, 2.05) is 13.8 Å². The van der Waals surface area contributed by atoms with Crippen LogP contribution in [0.15, 0.2) is 0 Å². The Kier molecular flexibility index (Phi) is 8.37. The van der Waals surface area contributed by atoms with E-state index in [4.69, 9.17) is 14.2 Å². The molecule has 0 amide bonds. The molecule has 18 heavy (non-hydrogen) atoms. The van der Waals surface area contributed by atoms with E-state index in [9.17, 15) is 9.59 Å². The zero-order valence-corrected chi connectivity index (χ0v) is 11.8. The Hall–Kier alpha value is -1.10. The molecular weight excluding hydrogens is 236 g/mol. The first kappa shape index (κ1) is 16.9. The molecule has 0 aromatic carbocycles. The molecule has 0 aliphatic rings. The highest BCUT2D eigenvalue weighted by Crippen LogP contribution is 2.28. The van der Waals surface area contributed by atoms with Gasteiger partial charge in [0.2, 0.25) is 0 Å². The van der Waals surface area contributed by atoms with Crippen LogP contribution >= 0.6 is 0 Å². The molecule has 0 radical (unpaired) electrons. The van der Waals surface area contributed by atoms with E-state index in [2.05, 4.69) is 0 Å². The van der Waals surface area contributed by atoms with Crippen molar-refractivity contribution in [3.63, 3.8) is 0 Å². The first-order chi connectivity index (χ1) is 8.58. The van der Waals surface area contributed by atoms with Gasteiger partial charge in [0.15, 0.2) is 5.41 Å². The number of hydrogen-bond donors (Lipinski definition) is 0. The molecule has 0 aliphatic heterocycles. The van der Waals surface area contributed by atoms with Gasteiger partial charge in [-0.1, -0.05) is 13.3 Å². The highest BCUT2D eigenvalue weighted by molar-refractivity contribution is 6.00. The van der Waals surface area contributed by atoms with Crippen molar-refractivity contribution in [1.82, 2.24) is 0 Å². The molecule has 0 heterocycles. The molecule has 0 saturated carbocycles. The second kappa shape index (κ2) is 8.91. The van der Waals surface area contributed by atoms with Crippen LogP contribution in [-0.4, -0.2) is 38.4 Å². The number of carbonyl (C=O) groups excluding carboxylic acids is 2. The first-order valence-corrected chi connectivity index (χ1v) is 6.51. The van der Waals surface area contributed by atoms with E-state index in [1.54, 1.807) is 13.8 Å². The molecule has 106 valence electrons. The van der Waals surface area contributed by atoms with Crippen molar-refractivity contribution in [2.45, 2.75) is 40.5 Å². The predicted molar refractivity (Wildman–Crippen MR) is 67.1 cm³/mol. The van der Waals surface area contributed by atoms with Crippen molar-refractivity contribution < 1.29 is 23.8 Å². The molecular formula is C13H24O5. The molecule has 0 bridgehead atoms. The zero-order valence-electron chi connectivity index (χ0n) is 11.8. The number of esters is 2. The van der Waals surface area contributed by atoms with Gasteiger partial charge >= 0.3 is 11.9 Å². The summed E-state index contributed by atoms with van der Waals surface area (Å²) in [5.41, 5.74) is -1.32. The Morgan fingerprint density at radius 2 is 1.39 bits per heavy atom. The highest BCUT2D eigenvalue weighted by atomic mass is 16.6. The molecule has 0 aliphatic carbocycles. The van der Waals surface area contributed by atoms with Gasteiger partial charge in [-0.2, -0.15) is 0 Å². The van der Waals surface area contributed by atoms with E-state index in [1.165, 1.54) is 0 Å². The summed E-state index contributed by atoms with van der Waals surface area (Å²) in [7, 11) is 0. The highest BCUT2D eigenvalue weighted by Gasteiger charge is 2.48. The average molecular weight is 260 g/mol. The van der Waals surface area contributed by atoms with Gasteiger partial charge in [0.25, 0.3) is 0 Å². The van der Waals surface area contributed by atoms with Crippen molar-refractivity contribution >= 4 is 11.9 Å². The van der Waals surface area contributed by atoms with Gasteiger partial charge in [-0.15, -0.1) is 0 Å². The van der Waals surface area contributed by atoms with Crippen LogP contribution in [0.5, 0.6) is 0 Å². The monoisotopic (exact) mass is 260 g/mol. The van der Waals surface area contributed by atoms with Gasteiger partial charge in [0, 0.05) is 6.61 Å². The Bertz CT molecular complexity index is 244. The Morgan fingerprint density at radius 1 is 0.889 bits per heavy atom. The first-order valence-electron chi connectivity index (χ1n) is 6.51. The van der Waals surface area contributed by atoms with E-state index >= 15 is 0 Å². The van der Waals surface area contributed by atoms with Crippen LogP contribution in [0.3, 0.4) is 0 Å². The minimum Gasteiger partial charge on any atom is -0.465 e. The fourth-order valence-electron chi connectivity index (χ4n) is 1.72. The number of hydrogen-bond acceptors (Lipinski definition) is 5. The molecule has 0 unspecified atom stereocenters. The van der Waals surface area contributed by atoms with Crippen molar-refractivity contribution in [3.05, 3.63) is 0 Å². The van der Waals surface area contributed by atoms with E-state index in [0.29, 0.717) is 19.4 Å².